The number of halogens is 2. The molecule has 0 rings (SSSR count). The van der Waals surface area contributed by atoms with E-state index in [2.05, 4.69) is 0 Å². The van der Waals surface area contributed by atoms with Crippen LogP contribution in [0.15, 0.2) is 0 Å². The van der Waals surface area contributed by atoms with Gasteiger partial charge in [-0.1, -0.05) is 0 Å². The molecule has 0 aliphatic heterocycles. The van der Waals surface area contributed by atoms with Gasteiger partial charge in [-0.25, -0.2) is 0 Å². The van der Waals surface area contributed by atoms with Gasteiger partial charge < -0.3 is 0 Å². The van der Waals surface area contributed by atoms with Crippen LogP contribution in [0.1, 0.15) is 19.3 Å². The van der Waals surface area contributed by atoms with E-state index in [0.717, 1.165) is 0 Å². The molecule has 0 fully saturated rings. The summed E-state index contributed by atoms with van der Waals surface area (Å²) in [7, 11) is 0. The third-order valence-corrected chi connectivity index (χ3v) is 8.75. The van der Waals surface area contributed by atoms with Crippen LogP contribution in [0, 0.1) is 34.0 Å². The van der Waals surface area contributed by atoms with E-state index >= 15 is 0 Å². The molecule has 0 unspecified atom stereocenters. The Kier molecular flexibility index (Phi) is 5.93. The fraction of sp³-hybridized carbons (Fsp3) is 0.667. The third-order valence-electron chi connectivity index (χ3n) is 2.13. The average molecular weight is 264 g/mol. The first-order valence-electron chi connectivity index (χ1n) is 4.52. The summed E-state index contributed by atoms with van der Waals surface area (Å²) in [6, 6.07) is 6.00. The quantitative estimate of drug-likeness (QED) is 0.688. The normalized spacial score (nSPS) is 12.9. The Morgan fingerprint density at radius 3 is 1.20 bits per heavy atom. The van der Waals surface area contributed by atoms with Crippen LogP contribution in [0.5, 0.6) is 0 Å². The Balaban J connectivity index is 4.59. The van der Waals surface area contributed by atoms with E-state index in [9.17, 15) is 0 Å². The van der Waals surface area contributed by atoms with Crippen molar-refractivity contribution in [2.24, 2.45) is 0 Å². The van der Waals surface area contributed by atoms with Gasteiger partial charge in [0, 0.05) is 0 Å². The molecule has 0 aromatic heterocycles. The monoisotopic (exact) mass is 263 g/mol. The minimum atomic E-state index is -3.01. The molecule has 0 saturated heterocycles. The average Bonchev–Trinajstić information content (AvgIpc) is 2.22. The van der Waals surface area contributed by atoms with Crippen molar-refractivity contribution >= 4 is 27.8 Å². The molecule has 0 radical (unpaired) electrons. The van der Waals surface area contributed by atoms with Gasteiger partial charge in [0.25, 0.3) is 0 Å². The maximum absolute atomic E-state index is 8.52. The van der Waals surface area contributed by atoms with E-state index in [0.29, 0.717) is 18.5 Å². The Hall–Kier alpha value is -0.520. The molecule has 0 atom stereocenters. The zero-order valence-corrected chi connectivity index (χ0v) is 10.7. The molecule has 0 aliphatic carbocycles. The minimum absolute atomic E-state index is 0.279. The van der Waals surface area contributed by atoms with E-state index in [1.54, 1.807) is 0 Å². The fourth-order valence-corrected chi connectivity index (χ4v) is 5.16. The van der Waals surface area contributed by atoms with Crippen LogP contribution >= 0.6 is 27.8 Å². The molecule has 0 heterocycles. The van der Waals surface area contributed by atoms with Crippen LogP contribution in [-0.2, 0) is 0 Å². The van der Waals surface area contributed by atoms with Gasteiger partial charge in [-0.3, -0.25) is 0 Å². The molecule has 0 aromatic carbocycles. The second-order valence-electron chi connectivity index (χ2n) is 3.35. The Morgan fingerprint density at radius 2 is 1.00 bits per heavy atom. The first kappa shape index (κ1) is 14.5. The van der Waals surface area contributed by atoms with Crippen LogP contribution in [0.3, 0.4) is 0 Å². The molecule has 0 amide bonds. The molecule has 0 saturated carbocycles. The molecule has 0 aromatic rings. The van der Waals surface area contributed by atoms with Crippen molar-refractivity contribution in [2.75, 3.05) is 18.5 Å². The Morgan fingerprint density at radius 1 is 0.733 bits per heavy atom. The summed E-state index contributed by atoms with van der Waals surface area (Å²) in [5.74, 6) is 0. The number of nitrogens with zero attached hydrogens (tertiary/aromatic N) is 3. The van der Waals surface area contributed by atoms with Crippen LogP contribution in [-0.4, -0.2) is 18.5 Å². The molecule has 15 heavy (non-hydrogen) atoms. The van der Waals surface area contributed by atoms with Crippen molar-refractivity contribution < 1.29 is 0 Å². The molecular formula is C9H12Cl2N3P. The van der Waals surface area contributed by atoms with Gasteiger partial charge in [-0.05, 0) is 0 Å². The molecule has 3 nitrogen and oxygen atoms in total. The molecule has 6 heteroatoms. The van der Waals surface area contributed by atoms with E-state index in [-0.39, 0.29) is 19.3 Å². The second-order valence-corrected chi connectivity index (χ2v) is 13.4. The summed E-state index contributed by atoms with van der Waals surface area (Å²) in [5.41, 5.74) is 0. The summed E-state index contributed by atoms with van der Waals surface area (Å²) in [6.45, 7) is 0. The fourth-order valence-electron chi connectivity index (χ4n) is 1.21. The van der Waals surface area contributed by atoms with Gasteiger partial charge in [0.2, 0.25) is 0 Å². The van der Waals surface area contributed by atoms with Crippen molar-refractivity contribution in [1.82, 2.24) is 0 Å². The third kappa shape index (κ3) is 5.81. The van der Waals surface area contributed by atoms with E-state index in [1.807, 2.05) is 18.2 Å². The molecule has 0 N–H and O–H groups in total. The predicted molar refractivity (Wildman–Crippen MR) is 63.9 cm³/mol. The number of nitriles is 3. The zero-order valence-electron chi connectivity index (χ0n) is 8.29. The molecule has 0 bridgehead atoms. The summed E-state index contributed by atoms with van der Waals surface area (Å²) in [5, 5.41) is 22.5. The second kappa shape index (κ2) is 6.15. The van der Waals surface area contributed by atoms with Crippen molar-refractivity contribution in [3.05, 3.63) is 0 Å². The summed E-state index contributed by atoms with van der Waals surface area (Å²) < 4.78 is 0. The Labute approximate surface area is 99.7 Å². The summed E-state index contributed by atoms with van der Waals surface area (Å²) >= 11 is 12.7. The zero-order chi connectivity index (χ0) is 11.8. The van der Waals surface area contributed by atoms with E-state index in [4.69, 9.17) is 38.3 Å². The van der Waals surface area contributed by atoms with Crippen LogP contribution in [0.25, 0.3) is 0 Å². The molecule has 0 aliphatic rings. The van der Waals surface area contributed by atoms with Crippen molar-refractivity contribution in [3.8, 4) is 18.2 Å². The number of hydrogen-bond donors (Lipinski definition) is 0. The van der Waals surface area contributed by atoms with Gasteiger partial charge in [0.1, 0.15) is 0 Å². The standard InChI is InChI=1S/C9H12Cl2N3P/c10-15(11,7-1-4-12,8-2-5-13)9-3-6-14/h1-3,7-9H2. The SMILES string of the molecule is N#CCCP(Cl)(Cl)(CCC#N)CCC#N. The van der Waals surface area contributed by atoms with E-state index in [1.165, 1.54) is 0 Å². The van der Waals surface area contributed by atoms with Gasteiger partial charge in [-0.15, -0.1) is 0 Å². The van der Waals surface area contributed by atoms with Crippen LogP contribution in [0.2, 0.25) is 0 Å². The molecule has 0 spiro atoms. The first-order valence-corrected chi connectivity index (χ1v) is 9.12. The summed E-state index contributed by atoms with van der Waals surface area (Å²) in [4.78, 5) is 0. The predicted octanol–water partition coefficient (Wildman–Crippen LogP) is 3.59. The summed E-state index contributed by atoms with van der Waals surface area (Å²) in [6.07, 6.45) is 2.07. The van der Waals surface area contributed by atoms with Gasteiger partial charge in [-0.2, -0.15) is 0 Å². The van der Waals surface area contributed by atoms with Crippen molar-refractivity contribution in [1.29, 1.82) is 15.8 Å². The number of hydrogen-bond acceptors (Lipinski definition) is 3. The van der Waals surface area contributed by atoms with Crippen LogP contribution < -0.4 is 0 Å². The van der Waals surface area contributed by atoms with Crippen molar-refractivity contribution in [3.63, 3.8) is 0 Å². The van der Waals surface area contributed by atoms with E-state index < -0.39 is 5.31 Å². The molecular weight excluding hydrogens is 252 g/mol. The van der Waals surface area contributed by atoms with Gasteiger partial charge in [0.05, 0.1) is 0 Å². The topological polar surface area (TPSA) is 71.4 Å². The maximum atomic E-state index is 8.52. The van der Waals surface area contributed by atoms with Crippen molar-refractivity contribution in [2.45, 2.75) is 19.3 Å². The number of rotatable bonds is 6. The molecule has 82 valence electrons. The van der Waals surface area contributed by atoms with Crippen LogP contribution in [0.4, 0.5) is 0 Å². The van der Waals surface area contributed by atoms with Gasteiger partial charge >= 0.3 is 99.5 Å². The first-order chi connectivity index (χ1) is 6.96. The Bertz CT molecular complexity index is 282. The van der Waals surface area contributed by atoms with Gasteiger partial charge in [0.15, 0.2) is 0 Å².